The Balaban J connectivity index is 0.00000225. The highest BCUT2D eigenvalue weighted by molar-refractivity contribution is 5.85. The number of para-hydroxylation sites is 1. The number of benzene rings is 1. The molecule has 1 unspecified atom stereocenters. The van der Waals surface area contributed by atoms with Gasteiger partial charge in [0.2, 0.25) is 0 Å². The molecule has 1 heterocycles. The number of hydrogen-bond acceptors (Lipinski definition) is 2. The van der Waals surface area contributed by atoms with Crippen molar-refractivity contribution in [3.8, 4) is 0 Å². The highest BCUT2D eigenvalue weighted by Crippen LogP contribution is 2.41. The molecule has 1 aliphatic carbocycles. The first kappa shape index (κ1) is 20.3. The summed E-state index contributed by atoms with van der Waals surface area (Å²) in [6.45, 7) is 15.3. The number of allylic oxidation sites excluding steroid dienone is 2. The van der Waals surface area contributed by atoms with Crippen LogP contribution in [0.3, 0.4) is 0 Å². The van der Waals surface area contributed by atoms with E-state index in [4.69, 9.17) is 0 Å². The van der Waals surface area contributed by atoms with E-state index in [2.05, 4.69) is 67.8 Å². The topological polar surface area (TPSA) is 6.48 Å². The van der Waals surface area contributed by atoms with Crippen molar-refractivity contribution in [3.63, 3.8) is 0 Å². The fourth-order valence-electron chi connectivity index (χ4n) is 4.19. The van der Waals surface area contributed by atoms with Crippen LogP contribution in [-0.4, -0.2) is 37.6 Å². The van der Waals surface area contributed by atoms with Gasteiger partial charge in [-0.1, -0.05) is 52.0 Å². The van der Waals surface area contributed by atoms with Crippen LogP contribution in [0.25, 0.3) is 5.57 Å². The lowest BCUT2D eigenvalue weighted by Gasteiger charge is -2.37. The minimum Gasteiger partial charge on any atom is -0.368 e. The van der Waals surface area contributed by atoms with Gasteiger partial charge in [-0.15, -0.1) is 12.4 Å². The van der Waals surface area contributed by atoms with Crippen molar-refractivity contribution in [2.24, 2.45) is 11.3 Å². The number of anilines is 1. The molecule has 1 saturated heterocycles. The summed E-state index contributed by atoms with van der Waals surface area (Å²) in [5, 5.41) is 0. The minimum atomic E-state index is 0. The second kappa shape index (κ2) is 8.60. The second-order valence-corrected chi connectivity index (χ2v) is 8.51. The molecule has 0 bridgehead atoms. The summed E-state index contributed by atoms with van der Waals surface area (Å²) >= 11 is 0. The molecule has 0 amide bonds. The number of likely N-dealkylation sites (N-methyl/N-ethyl adjacent to an activating group) is 1. The van der Waals surface area contributed by atoms with Crippen molar-refractivity contribution in [3.05, 3.63) is 35.9 Å². The summed E-state index contributed by atoms with van der Waals surface area (Å²) in [6.07, 6.45) is 6.32. The maximum Gasteiger partial charge on any atom is 0.0443 e. The van der Waals surface area contributed by atoms with Crippen LogP contribution in [0.4, 0.5) is 5.69 Å². The molecule has 0 aromatic heterocycles. The van der Waals surface area contributed by atoms with Gasteiger partial charge >= 0.3 is 0 Å². The predicted octanol–water partition coefficient (Wildman–Crippen LogP) is 5.48. The molecule has 1 fully saturated rings. The Morgan fingerprint density at radius 2 is 1.72 bits per heavy atom. The third-order valence-corrected chi connectivity index (χ3v) is 6.05. The van der Waals surface area contributed by atoms with Crippen LogP contribution in [0.2, 0.25) is 0 Å². The molecule has 0 spiro atoms. The van der Waals surface area contributed by atoms with Gasteiger partial charge in [-0.2, -0.15) is 0 Å². The zero-order chi connectivity index (χ0) is 17.2. The molecule has 1 aromatic carbocycles. The molecule has 140 valence electrons. The quantitative estimate of drug-likeness (QED) is 0.702. The number of nitrogens with zero attached hydrogens (tertiary/aromatic N) is 2. The Labute approximate surface area is 160 Å². The molecule has 3 heteroatoms. The molecule has 25 heavy (non-hydrogen) atoms. The zero-order valence-corrected chi connectivity index (χ0v) is 17.2. The third-order valence-electron chi connectivity index (χ3n) is 6.05. The highest BCUT2D eigenvalue weighted by Gasteiger charge is 2.27. The van der Waals surface area contributed by atoms with Gasteiger partial charge in [-0.3, -0.25) is 0 Å². The molecule has 0 saturated carbocycles. The predicted molar refractivity (Wildman–Crippen MR) is 113 cm³/mol. The van der Waals surface area contributed by atoms with Crippen molar-refractivity contribution in [1.82, 2.24) is 4.90 Å². The standard InChI is InChI=1S/C22H34N2.ClH/c1-5-23-14-16-24(17-15-23)21-9-7-6-8-20(21)18-10-12-19(13-11-18)22(2,3)4;/h6-10,19H,5,11-17H2,1-4H3;1H. The minimum absolute atomic E-state index is 0. The van der Waals surface area contributed by atoms with Crippen LogP contribution in [-0.2, 0) is 0 Å². The first-order chi connectivity index (χ1) is 11.5. The van der Waals surface area contributed by atoms with Gasteiger partial charge in [-0.05, 0) is 48.8 Å². The van der Waals surface area contributed by atoms with Crippen LogP contribution in [0, 0.1) is 11.3 Å². The maximum absolute atomic E-state index is 2.60. The molecular weight excluding hydrogens is 328 g/mol. The van der Waals surface area contributed by atoms with E-state index in [1.165, 1.54) is 50.1 Å². The maximum atomic E-state index is 2.60. The van der Waals surface area contributed by atoms with E-state index in [0.717, 1.165) is 19.0 Å². The Kier molecular flexibility index (Phi) is 6.99. The molecule has 2 nitrogen and oxygen atoms in total. The first-order valence-corrected chi connectivity index (χ1v) is 9.74. The van der Waals surface area contributed by atoms with Gasteiger partial charge in [0.05, 0.1) is 0 Å². The third kappa shape index (κ3) is 4.80. The average molecular weight is 363 g/mol. The average Bonchev–Trinajstić information content (AvgIpc) is 2.61. The molecule has 1 aliphatic heterocycles. The number of rotatable bonds is 3. The van der Waals surface area contributed by atoms with Crippen LogP contribution in [0.5, 0.6) is 0 Å². The van der Waals surface area contributed by atoms with Gasteiger partial charge in [0, 0.05) is 37.4 Å². The molecule has 0 radical (unpaired) electrons. The fourth-order valence-corrected chi connectivity index (χ4v) is 4.19. The van der Waals surface area contributed by atoms with E-state index < -0.39 is 0 Å². The molecule has 0 N–H and O–H groups in total. The van der Waals surface area contributed by atoms with E-state index in [1.807, 2.05) is 0 Å². The van der Waals surface area contributed by atoms with Crippen molar-refractivity contribution >= 4 is 23.7 Å². The number of halogens is 1. The number of piperazine rings is 1. The van der Waals surface area contributed by atoms with E-state index in [1.54, 1.807) is 5.57 Å². The number of hydrogen-bond donors (Lipinski definition) is 0. The van der Waals surface area contributed by atoms with Crippen LogP contribution in [0.15, 0.2) is 30.3 Å². The van der Waals surface area contributed by atoms with Crippen molar-refractivity contribution in [1.29, 1.82) is 0 Å². The summed E-state index contributed by atoms with van der Waals surface area (Å²) in [5.74, 6) is 0.821. The molecular formula is C22H35ClN2. The summed E-state index contributed by atoms with van der Waals surface area (Å²) in [6, 6.07) is 9.07. The molecule has 1 aromatic rings. The van der Waals surface area contributed by atoms with Crippen LogP contribution in [0.1, 0.15) is 52.5 Å². The normalized spacial score (nSPS) is 22.3. The Bertz CT molecular complexity index is 580. The summed E-state index contributed by atoms with van der Waals surface area (Å²) in [7, 11) is 0. The van der Waals surface area contributed by atoms with Crippen molar-refractivity contribution in [2.45, 2.75) is 47.0 Å². The largest absolute Gasteiger partial charge is 0.368 e. The van der Waals surface area contributed by atoms with E-state index in [9.17, 15) is 0 Å². The lowest BCUT2D eigenvalue weighted by atomic mass is 9.72. The van der Waals surface area contributed by atoms with Gasteiger partial charge in [0.1, 0.15) is 0 Å². The van der Waals surface area contributed by atoms with Gasteiger partial charge < -0.3 is 9.80 Å². The SMILES string of the molecule is CCN1CCN(c2ccccc2C2=CCC(C(C)(C)C)CC2)CC1.Cl. The zero-order valence-electron chi connectivity index (χ0n) is 16.4. The smallest absolute Gasteiger partial charge is 0.0443 e. The summed E-state index contributed by atoms with van der Waals surface area (Å²) < 4.78 is 0. The fraction of sp³-hybridized carbons (Fsp3) is 0.636. The van der Waals surface area contributed by atoms with Crippen LogP contribution < -0.4 is 4.90 Å². The lowest BCUT2D eigenvalue weighted by molar-refractivity contribution is 0.225. The van der Waals surface area contributed by atoms with E-state index in [-0.39, 0.29) is 12.4 Å². The van der Waals surface area contributed by atoms with Crippen molar-refractivity contribution < 1.29 is 0 Å². The Morgan fingerprint density at radius 1 is 1.04 bits per heavy atom. The lowest BCUT2D eigenvalue weighted by Crippen LogP contribution is -2.46. The summed E-state index contributed by atoms with van der Waals surface area (Å²) in [4.78, 5) is 5.14. The van der Waals surface area contributed by atoms with E-state index >= 15 is 0 Å². The Morgan fingerprint density at radius 3 is 2.28 bits per heavy atom. The second-order valence-electron chi connectivity index (χ2n) is 8.51. The highest BCUT2D eigenvalue weighted by atomic mass is 35.5. The van der Waals surface area contributed by atoms with Gasteiger partial charge in [0.25, 0.3) is 0 Å². The molecule has 1 atom stereocenters. The van der Waals surface area contributed by atoms with Crippen LogP contribution >= 0.6 is 12.4 Å². The van der Waals surface area contributed by atoms with E-state index in [0.29, 0.717) is 5.41 Å². The molecule has 2 aliphatic rings. The Hall–Kier alpha value is -0.990. The summed E-state index contributed by atoms with van der Waals surface area (Å²) in [5.41, 5.74) is 4.94. The first-order valence-electron chi connectivity index (χ1n) is 9.74. The van der Waals surface area contributed by atoms with Crippen molar-refractivity contribution in [2.75, 3.05) is 37.6 Å². The van der Waals surface area contributed by atoms with Gasteiger partial charge in [-0.25, -0.2) is 0 Å². The molecule has 3 rings (SSSR count). The van der Waals surface area contributed by atoms with Gasteiger partial charge in [0.15, 0.2) is 0 Å². The monoisotopic (exact) mass is 362 g/mol.